The van der Waals surface area contributed by atoms with Gasteiger partial charge >= 0.3 is 12.0 Å². The number of benzene rings is 1. The summed E-state index contributed by atoms with van der Waals surface area (Å²) in [5, 5.41) is 17.3. The van der Waals surface area contributed by atoms with Gasteiger partial charge in [-0.3, -0.25) is 4.79 Å². The molecule has 1 fully saturated rings. The van der Waals surface area contributed by atoms with E-state index in [0.29, 0.717) is 18.7 Å². The Hall–Kier alpha value is -3.36. The van der Waals surface area contributed by atoms with Crippen LogP contribution in [0.4, 0.5) is 10.5 Å². The predicted octanol–water partition coefficient (Wildman–Crippen LogP) is 0.413. The van der Waals surface area contributed by atoms with Crippen molar-refractivity contribution in [3.63, 3.8) is 0 Å². The number of anilines is 1. The second-order valence-corrected chi connectivity index (χ2v) is 5.73. The Morgan fingerprint density at radius 1 is 1.42 bits per heavy atom. The summed E-state index contributed by atoms with van der Waals surface area (Å²) in [6.45, 7) is 3.90. The summed E-state index contributed by atoms with van der Waals surface area (Å²) >= 11 is 0. The molecule has 1 heterocycles. The van der Waals surface area contributed by atoms with Crippen molar-refractivity contribution in [1.29, 1.82) is 0 Å². The van der Waals surface area contributed by atoms with Gasteiger partial charge in [0.1, 0.15) is 12.1 Å². The summed E-state index contributed by atoms with van der Waals surface area (Å²) < 4.78 is 0. The number of nitrogens with two attached hydrogens (primary N) is 1. The zero-order valence-corrected chi connectivity index (χ0v) is 14.1. The van der Waals surface area contributed by atoms with Crippen molar-refractivity contribution in [1.82, 2.24) is 10.6 Å². The van der Waals surface area contributed by atoms with Gasteiger partial charge < -0.3 is 26.5 Å². The molecule has 3 amide bonds. The zero-order chi connectivity index (χ0) is 19.1. The first-order chi connectivity index (χ1) is 12.5. The van der Waals surface area contributed by atoms with Crippen molar-refractivity contribution >= 4 is 29.8 Å². The van der Waals surface area contributed by atoms with Gasteiger partial charge in [-0.15, -0.1) is 6.58 Å². The van der Waals surface area contributed by atoms with E-state index in [1.165, 1.54) is 12.3 Å². The molecule has 0 aliphatic carbocycles. The average Bonchev–Trinajstić information content (AvgIpc) is 2.96. The van der Waals surface area contributed by atoms with Gasteiger partial charge in [0.2, 0.25) is 5.91 Å². The van der Waals surface area contributed by atoms with E-state index in [1.54, 1.807) is 29.2 Å². The molecule has 1 saturated heterocycles. The molecule has 0 saturated carbocycles. The lowest BCUT2D eigenvalue weighted by molar-refractivity contribution is -0.139. The third-order valence-electron chi connectivity index (χ3n) is 3.94. The van der Waals surface area contributed by atoms with Crippen LogP contribution >= 0.6 is 0 Å². The molecule has 2 rings (SSSR count). The van der Waals surface area contributed by atoms with Gasteiger partial charge in [-0.25, -0.2) is 9.59 Å². The van der Waals surface area contributed by atoms with Crippen LogP contribution in [0.3, 0.4) is 0 Å². The van der Waals surface area contributed by atoms with E-state index in [4.69, 9.17) is 10.9 Å². The number of carboxylic acid groups (broad SMARTS) is 1. The molecular formula is C17H21N5O4. The number of nitrogens with zero attached hydrogens (tertiary/aromatic N) is 2. The lowest BCUT2D eigenvalue weighted by atomic mass is 10.2. The molecule has 0 spiro atoms. The molecule has 9 heteroatoms. The van der Waals surface area contributed by atoms with E-state index in [2.05, 4.69) is 22.3 Å². The van der Waals surface area contributed by atoms with Crippen LogP contribution in [0, 0.1) is 0 Å². The SMILES string of the molecule is C=CC[C@H](NC(=O)NC1CCN(c2ccc(C=NN)cc2)C1=O)C(=O)O. The Kier molecular flexibility index (Phi) is 6.31. The summed E-state index contributed by atoms with van der Waals surface area (Å²) in [5.74, 6) is 3.68. The fraction of sp³-hybridized carbons (Fsp3) is 0.294. The second kappa shape index (κ2) is 8.65. The van der Waals surface area contributed by atoms with E-state index in [0.717, 1.165) is 5.56 Å². The maximum Gasteiger partial charge on any atom is 0.326 e. The normalized spacial score (nSPS) is 17.9. The van der Waals surface area contributed by atoms with Gasteiger partial charge in [0, 0.05) is 12.2 Å². The van der Waals surface area contributed by atoms with Crippen LogP contribution in [0.25, 0.3) is 0 Å². The Morgan fingerprint density at radius 2 is 2.12 bits per heavy atom. The van der Waals surface area contributed by atoms with Crippen LogP contribution in [-0.4, -0.2) is 47.9 Å². The number of carboxylic acids is 1. The van der Waals surface area contributed by atoms with Gasteiger partial charge in [0.15, 0.2) is 0 Å². The van der Waals surface area contributed by atoms with E-state index in [-0.39, 0.29) is 12.3 Å². The number of carbonyl (C=O) groups excluding carboxylic acids is 2. The fourth-order valence-electron chi connectivity index (χ4n) is 2.64. The minimum Gasteiger partial charge on any atom is -0.480 e. The largest absolute Gasteiger partial charge is 0.480 e. The highest BCUT2D eigenvalue weighted by Gasteiger charge is 2.34. The lowest BCUT2D eigenvalue weighted by Gasteiger charge is -2.18. The van der Waals surface area contributed by atoms with Crippen molar-refractivity contribution in [2.75, 3.05) is 11.4 Å². The van der Waals surface area contributed by atoms with E-state index < -0.39 is 24.1 Å². The highest BCUT2D eigenvalue weighted by atomic mass is 16.4. The number of nitrogens with one attached hydrogen (secondary N) is 2. The molecule has 0 bridgehead atoms. The first kappa shape index (κ1) is 19.0. The molecule has 9 nitrogen and oxygen atoms in total. The summed E-state index contributed by atoms with van der Waals surface area (Å²) in [7, 11) is 0. The number of urea groups is 1. The Balaban J connectivity index is 1.96. The van der Waals surface area contributed by atoms with Crippen LogP contribution in [0.1, 0.15) is 18.4 Å². The monoisotopic (exact) mass is 359 g/mol. The maximum absolute atomic E-state index is 12.5. The molecule has 5 N–H and O–H groups in total. The van der Waals surface area contributed by atoms with Crippen LogP contribution < -0.4 is 21.4 Å². The Bertz CT molecular complexity index is 716. The summed E-state index contributed by atoms with van der Waals surface area (Å²) in [4.78, 5) is 37.1. The Morgan fingerprint density at radius 3 is 2.69 bits per heavy atom. The van der Waals surface area contributed by atoms with Gasteiger partial charge in [0.25, 0.3) is 0 Å². The smallest absolute Gasteiger partial charge is 0.326 e. The maximum atomic E-state index is 12.5. The molecule has 0 radical (unpaired) electrons. The quantitative estimate of drug-likeness (QED) is 0.242. The second-order valence-electron chi connectivity index (χ2n) is 5.73. The third-order valence-corrected chi connectivity index (χ3v) is 3.94. The van der Waals surface area contributed by atoms with Crippen LogP contribution in [0.15, 0.2) is 42.0 Å². The number of hydrogen-bond acceptors (Lipinski definition) is 5. The van der Waals surface area contributed by atoms with E-state index >= 15 is 0 Å². The van der Waals surface area contributed by atoms with Crippen molar-refractivity contribution in [2.45, 2.75) is 24.9 Å². The molecule has 26 heavy (non-hydrogen) atoms. The zero-order valence-electron chi connectivity index (χ0n) is 14.1. The van der Waals surface area contributed by atoms with Crippen LogP contribution in [-0.2, 0) is 9.59 Å². The average molecular weight is 359 g/mol. The molecule has 1 aromatic carbocycles. The van der Waals surface area contributed by atoms with E-state index in [9.17, 15) is 14.4 Å². The number of hydrazone groups is 1. The van der Waals surface area contributed by atoms with Gasteiger partial charge in [-0.1, -0.05) is 18.2 Å². The first-order valence-corrected chi connectivity index (χ1v) is 8.01. The van der Waals surface area contributed by atoms with Gasteiger partial charge in [-0.05, 0) is 30.5 Å². The number of amides is 3. The van der Waals surface area contributed by atoms with Crippen LogP contribution in [0.2, 0.25) is 0 Å². The van der Waals surface area contributed by atoms with Crippen molar-refractivity contribution in [3.8, 4) is 0 Å². The molecule has 2 atom stereocenters. The fourth-order valence-corrected chi connectivity index (χ4v) is 2.64. The summed E-state index contributed by atoms with van der Waals surface area (Å²) in [5.41, 5.74) is 1.50. The molecule has 138 valence electrons. The summed E-state index contributed by atoms with van der Waals surface area (Å²) in [6.07, 6.45) is 3.41. The molecule has 1 aromatic rings. The Labute approximate surface area is 150 Å². The van der Waals surface area contributed by atoms with Crippen molar-refractivity contribution in [3.05, 3.63) is 42.5 Å². The molecule has 0 aromatic heterocycles. The predicted molar refractivity (Wildman–Crippen MR) is 96.9 cm³/mol. The third kappa shape index (κ3) is 4.59. The first-order valence-electron chi connectivity index (χ1n) is 8.01. The number of carbonyl (C=O) groups is 3. The molecular weight excluding hydrogens is 338 g/mol. The highest BCUT2D eigenvalue weighted by molar-refractivity contribution is 6.01. The lowest BCUT2D eigenvalue weighted by Crippen LogP contribution is -2.50. The highest BCUT2D eigenvalue weighted by Crippen LogP contribution is 2.21. The van der Waals surface area contributed by atoms with Gasteiger partial charge in [0.05, 0.1) is 6.21 Å². The van der Waals surface area contributed by atoms with Crippen molar-refractivity contribution in [2.24, 2.45) is 10.9 Å². The van der Waals surface area contributed by atoms with Crippen molar-refractivity contribution < 1.29 is 19.5 Å². The number of rotatable bonds is 7. The number of hydrogen-bond donors (Lipinski definition) is 4. The van der Waals surface area contributed by atoms with Gasteiger partial charge in [-0.2, -0.15) is 5.10 Å². The molecule has 1 aliphatic rings. The van der Waals surface area contributed by atoms with Crippen LogP contribution in [0.5, 0.6) is 0 Å². The minimum absolute atomic E-state index is 0.0892. The standard InChI is InChI=1S/C17H21N5O4/c1-2-3-14(16(24)25)21-17(26)20-13-8-9-22(15(13)23)12-6-4-11(5-7-12)10-19-18/h2,4-7,10,13-14H,1,3,8-9,18H2,(H,24,25)(H2,20,21,26)/t13?,14-/m0/s1. The summed E-state index contributed by atoms with van der Waals surface area (Å²) in [6, 6.07) is 4.59. The minimum atomic E-state index is -1.17. The topological polar surface area (TPSA) is 137 Å². The molecule has 1 aliphatic heterocycles. The number of aliphatic carboxylic acids is 1. The van der Waals surface area contributed by atoms with E-state index in [1.807, 2.05) is 0 Å². The molecule has 1 unspecified atom stereocenters.